The molecule has 0 atom stereocenters. The molecule has 32 heavy (non-hydrogen) atoms. The molecule has 0 radical (unpaired) electrons. The molecule has 2 aromatic heterocycles. The number of aromatic nitrogens is 1. The number of anilines is 2. The largest absolute Gasteiger partial charge is 0.397 e. The van der Waals surface area contributed by atoms with E-state index < -0.39 is 0 Å². The number of carbonyl (C=O) groups excluding carboxylic acids is 1. The lowest BCUT2D eigenvalue weighted by Crippen LogP contribution is -2.11. The molecular formula is C26H18BrN3OS. The predicted octanol–water partition coefficient (Wildman–Crippen LogP) is 7.23. The molecular weight excluding hydrogens is 482 g/mol. The number of nitrogens with one attached hydrogen (secondary N) is 1. The average Bonchev–Trinajstić information content (AvgIpc) is 3.17. The standard InChI is InChI=1S/C26H18BrN3OS/c27-18-11-13-19(14-12-18)29-25(31)24-23(28)22-20(16-7-3-1-4-8-16)15-21(30-26(22)32-24)17-9-5-2-6-10-17/h1-15H,28H2,(H,29,31). The second-order valence-corrected chi connectivity index (χ2v) is 9.19. The number of nitrogens with two attached hydrogens (primary N) is 1. The minimum absolute atomic E-state index is 0.243. The number of nitrogen functional groups attached to an aromatic ring is 1. The van der Waals surface area contributed by atoms with E-state index in [0.717, 1.165) is 37.1 Å². The summed E-state index contributed by atoms with van der Waals surface area (Å²) in [5, 5.41) is 3.74. The van der Waals surface area contributed by atoms with E-state index in [4.69, 9.17) is 10.7 Å². The Bertz CT molecular complexity index is 1410. The first kappa shape index (κ1) is 20.4. The van der Waals surface area contributed by atoms with E-state index in [-0.39, 0.29) is 5.91 Å². The first-order valence-corrected chi connectivity index (χ1v) is 11.6. The molecule has 0 aliphatic heterocycles. The van der Waals surface area contributed by atoms with Crippen LogP contribution in [0.25, 0.3) is 32.6 Å². The van der Waals surface area contributed by atoms with Gasteiger partial charge in [0, 0.05) is 21.1 Å². The highest BCUT2D eigenvalue weighted by Crippen LogP contribution is 2.41. The molecule has 0 saturated heterocycles. The summed E-state index contributed by atoms with van der Waals surface area (Å²) in [5.41, 5.74) is 11.6. The van der Waals surface area contributed by atoms with Gasteiger partial charge in [-0.3, -0.25) is 4.79 Å². The maximum absolute atomic E-state index is 13.1. The van der Waals surface area contributed by atoms with Crippen LogP contribution in [0.4, 0.5) is 11.4 Å². The zero-order valence-corrected chi connectivity index (χ0v) is 19.3. The van der Waals surface area contributed by atoms with Gasteiger partial charge in [-0.1, -0.05) is 76.6 Å². The Morgan fingerprint density at radius 3 is 2.16 bits per heavy atom. The van der Waals surface area contributed by atoms with E-state index in [2.05, 4.69) is 21.2 Å². The molecule has 0 aliphatic carbocycles. The van der Waals surface area contributed by atoms with Gasteiger partial charge in [-0.05, 0) is 41.5 Å². The smallest absolute Gasteiger partial charge is 0.267 e. The number of benzene rings is 3. The van der Waals surface area contributed by atoms with E-state index in [9.17, 15) is 4.79 Å². The molecule has 0 bridgehead atoms. The fraction of sp³-hybridized carbons (Fsp3) is 0. The Kier molecular flexibility index (Phi) is 5.47. The molecule has 3 aromatic carbocycles. The number of hydrogen-bond acceptors (Lipinski definition) is 4. The molecule has 4 nitrogen and oxygen atoms in total. The van der Waals surface area contributed by atoms with Crippen LogP contribution in [0, 0.1) is 0 Å². The summed E-state index contributed by atoms with van der Waals surface area (Å²) in [4.78, 5) is 19.1. The third kappa shape index (κ3) is 3.90. The molecule has 0 spiro atoms. The Hall–Kier alpha value is -3.48. The lowest BCUT2D eigenvalue weighted by atomic mass is 9.99. The van der Waals surface area contributed by atoms with Crippen LogP contribution in [0.2, 0.25) is 0 Å². The first-order valence-electron chi connectivity index (χ1n) is 10.0. The van der Waals surface area contributed by atoms with Gasteiger partial charge in [0.2, 0.25) is 0 Å². The summed E-state index contributed by atoms with van der Waals surface area (Å²) in [6.07, 6.45) is 0. The van der Waals surface area contributed by atoms with Crippen molar-refractivity contribution in [2.75, 3.05) is 11.1 Å². The van der Waals surface area contributed by atoms with Crippen LogP contribution in [0.15, 0.2) is 95.5 Å². The van der Waals surface area contributed by atoms with Crippen molar-refractivity contribution in [1.29, 1.82) is 0 Å². The highest BCUT2D eigenvalue weighted by molar-refractivity contribution is 9.10. The number of carbonyl (C=O) groups is 1. The lowest BCUT2D eigenvalue weighted by molar-refractivity contribution is 0.103. The van der Waals surface area contributed by atoms with Crippen molar-refractivity contribution in [2.24, 2.45) is 0 Å². The summed E-state index contributed by atoms with van der Waals surface area (Å²) in [6, 6.07) is 29.6. The molecule has 0 unspecified atom stereocenters. The Morgan fingerprint density at radius 1 is 0.875 bits per heavy atom. The van der Waals surface area contributed by atoms with Crippen molar-refractivity contribution in [2.45, 2.75) is 0 Å². The number of nitrogens with zero attached hydrogens (tertiary/aromatic N) is 1. The minimum atomic E-state index is -0.243. The third-order valence-corrected chi connectivity index (χ3v) is 6.79. The number of rotatable bonds is 4. The van der Waals surface area contributed by atoms with Gasteiger partial charge in [-0.2, -0.15) is 0 Å². The summed E-state index contributed by atoms with van der Waals surface area (Å²) in [6.45, 7) is 0. The Balaban J connectivity index is 1.66. The number of fused-ring (bicyclic) bond motifs is 1. The van der Waals surface area contributed by atoms with Crippen LogP contribution in [0.1, 0.15) is 9.67 Å². The van der Waals surface area contributed by atoms with Gasteiger partial charge in [0.05, 0.1) is 11.4 Å². The van der Waals surface area contributed by atoms with Crippen molar-refractivity contribution in [3.63, 3.8) is 0 Å². The monoisotopic (exact) mass is 499 g/mol. The van der Waals surface area contributed by atoms with Gasteiger partial charge in [-0.15, -0.1) is 11.3 Å². The first-order chi connectivity index (χ1) is 15.6. The fourth-order valence-corrected chi connectivity index (χ4v) is 4.89. The highest BCUT2D eigenvalue weighted by Gasteiger charge is 2.21. The minimum Gasteiger partial charge on any atom is -0.397 e. The zero-order chi connectivity index (χ0) is 22.1. The maximum Gasteiger partial charge on any atom is 0.267 e. The van der Waals surface area contributed by atoms with Crippen LogP contribution in [0.5, 0.6) is 0 Å². The van der Waals surface area contributed by atoms with E-state index >= 15 is 0 Å². The number of pyridine rings is 1. The summed E-state index contributed by atoms with van der Waals surface area (Å²) in [5.74, 6) is -0.243. The Morgan fingerprint density at radius 2 is 1.50 bits per heavy atom. The van der Waals surface area contributed by atoms with Crippen molar-refractivity contribution in [3.05, 3.63) is 100 Å². The van der Waals surface area contributed by atoms with Gasteiger partial charge in [-0.25, -0.2) is 4.98 Å². The molecule has 0 aliphatic rings. The molecule has 5 aromatic rings. The maximum atomic E-state index is 13.1. The van der Waals surface area contributed by atoms with E-state index in [1.165, 1.54) is 11.3 Å². The average molecular weight is 500 g/mol. The third-order valence-electron chi connectivity index (χ3n) is 5.16. The molecule has 0 fully saturated rings. The SMILES string of the molecule is Nc1c(C(=O)Nc2ccc(Br)cc2)sc2nc(-c3ccccc3)cc(-c3ccccc3)c12. The molecule has 5 rings (SSSR count). The van der Waals surface area contributed by atoms with Crippen LogP contribution in [0.3, 0.4) is 0 Å². The normalized spacial score (nSPS) is 10.9. The van der Waals surface area contributed by atoms with Gasteiger partial charge >= 0.3 is 0 Å². The van der Waals surface area contributed by atoms with Crippen molar-refractivity contribution >= 4 is 54.8 Å². The van der Waals surface area contributed by atoms with Gasteiger partial charge < -0.3 is 11.1 Å². The summed E-state index contributed by atoms with van der Waals surface area (Å²) in [7, 11) is 0. The van der Waals surface area contributed by atoms with Crippen molar-refractivity contribution in [1.82, 2.24) is 4.98 Å². The van der Waals surface area contributed by atoms with Crippen LogP contribution in [-0.2, 0) is 0 Å². The Labute approximate surface area is 197 Å². The molecule has 6 heteroatoms. The molecule has 3 N–H and O–H groups in total. The number of amides is 1. The topological polar surface area (TPSA) is 68.0 Å². The van der Waals surface area contributed by atoms with Gasteiger partial charge in [0.1, 0.15) is 9.71 Å². The lowest BCUT2D eigenvalue weighted by Gasteiger charge is -2.09. The van der Waals surface area contributed by atoms with E-state index in [0.29, 0.717) is 16.3 Å². The zero-order valence-electron chi connectivity index (χ0n) is 16.9. The number of halogens is 1. The van der Waals surface area contributed by atoms with Crippen LogP contribution < -0.4 is 11.1 Å². The highest BCUT2D eigenvalue weighted by atomic mass is 79.9. The molecule has 1 amide bonds. The van der Waals surface area contributed by atoms with Gasteiger partial charge in [0.15, 0.2) is 0 Å². The second kappa shape index (κ2) is 8.57. The predicted molar refractivity (Wildman–Crippen MR) is 137 cm³/mol. The van der Waals surface area contributed by atoms with Crippen LogP contribution in [-0.4, -0.2) is 10.9 Å². The molecule has 2 heterocycles. The summed E-state index contributed by atoms with van der Waals surface area (Å²) < 4.78 is 0.946. The quantitative estimate of drug-likeness (QED) is 0.274. The van der Waals surface area contributed by atoms with Crippen LogP contribution >= 0.6 is 27.3 Å². The number of thiophene rings is 1. The van der Waals surface area contributed by atoms with Crippen molar-refractivity contribution in [3.8, 4) is 22.4 Å². The fourth-order valence-electron chi connectivity index (χ4n) is 3.61. The number of hydrogen-bond donors (Lipinski definition) is 2. The molecule has 0 saturated carbocycles. The summed E-state index contributed by atoms with van der Waals surface area (Å²) >= 11 is 4.72. The van der Waals surface area contributed by atoms with E-state index in [1.54, 1.807) is 0 Å². The molecule has 156 valence electrons. The van der Waals surface area contributed by atoms with Gasteiger partial charge in [0.25, 0.3) is 5.91 Å². The van der Waals surface area contributed by atoms with E-state index in [1.807, 2.05) is 91.0 Å². The second-order valence-electron chi connectivity index (χ2n) is 7.27. The van der Waals surface area contributed by atoms with Crippen molar-refractivity contribution < 1.29 is 4.79 Å².